The van der Waals surface area contributed by atoms with Gasteiger partial charge in [0.15, 0.2) is 0 Å². The van der Waals surface area contributed by atoms with Gasteiger partial charge in [0.05, 0.1) is 0 Å². The lowest BCUT2D eigenvalue weighted by atomic mass is 9.49. The van der Waals surface area contributed by atoms with Crippen molar-refractivity contribution in [1.29, 1.82) is 0 Å². The van der Waals surface area contributed by atoms with Gasteiger partial charge >= 0.3 is 0 Å². The van der Waals surface area contributed by atoms with Crippen LogP contribution in [0.15, 0.2) is 28.7 Å². The van der Waals surface area contributed by atoms with E-state index in [1.54, 1.807) is 0 Å². The van der Waals surface area contributed by atoms with Crippen molar-refractivity contribution < 1.29 is 4.79 Å². The smallest absolute Gasteiger partial charge is 0.143 e. The van der Waals surface area contributed by atoms with Crippen molar-refractivity contribution in [2.75, 3.05) is 0 Å². The minimum Gasteiger partial charge on any atom is -0.299 e. The van der Waals surface area contributed by atoms with Gasteiger partial charge in [0.1, 0.15) is 5.78 Å². The fraction of sp³-hybridized carbons (Fsp3) is 0.533. The maximum Gasteiger partial charge on any atom is 0.143 e. The normalized spacial score (nSPS) is 26.7. The first kappa shape index (κ1) is 12.8. The molecule has 92 valence electrons. The molecule has 2 unspecified atom stereocenters. The van der Waals surface area contributed by atoms with Crippen LogP contribution in [0, 0.1) is 11.3 Å². The molecule has 1 nitrogen and oxygen atoms in total. The quantitative estimate of drug-likeness (QED) is 0.799. The number of Topliss-reactive ketones (excluding diaryl/α,β-unsaturated/α-hetero) is 1. The third-order valence-electron chi connectivity index (χ3n) is 4.47. The Hall–Kier alpha value is -0.630. The Bertz CT molecular complexity index is 434. The second-order valence-electron chi connectivity index (χ2n) is 5.05. The van der Waals surface area contributed by atoms with Gasteiger partial charge in [-0.1, -0.05) is 48.8 Å². The summed E-state index contributed by atoms with van der Waals surface area (Å²) in [5.41, 5.74) is 1.19. The predicted octanol–water partition coefficient (Wildman–Crippen LogP) is 4.56. The molecule has 0 saturated heterocycles. The SMILES string of the molecule is CCC1(CC)C(=O)C(C)C1c1cccc(Br)c1. The number of ketones is 1. The molecule has 1 aromatic rings. The third kappa shape index (κ3) is 1.77. The molecule has 0 radical (unpaired) electrons. The van der Waals surface area contributed by atoms with Crippen LogP contribution in [0.25, 0.3) is 0 Å². The fourth-order valence-corrected chi connectivity index (χ4v) is 3.90. The van der Waals surface area contributed by atoms with E-state index >= 15 is 0 Å². The summed E-state index contributed by atoms with van der Waals surface area (Å²) < 4.78 is 1.10. The van der Waals surface area contributed by atoms with Crippen molar-refractivity contribution in [1.82, 2.24) is 0 Å². The summed E-state index contributed by atoms with van der Waals surface area (Å²) in [6.45, 7) is 6.34. The lowest BCUT2D eigenvalue weighted by Gasteiger charge is -2.52. The summed E-state index contributed by atoms with van der Waals surface area (Å²) in [6.07, 6.45) is 1.90. The molecule has 0 N–H and O–H groups in total. The summed E-state index contributed by atoms with van der Waals surface area (Å²) in [5, 5.41) is 0. The number of rotatable bonds is 3. The Morgan fingerprint density at radius 2 is 1.94 bits per heavy atom. The molecule has 1 fully saturated rings. The van der Waals surface area contributed by atoms with Crippen LogP contribution in [-0.2, 0) is 4.79 Å². The molecular weight excluding hydrogens is 276 g/mol. The highest BCUT2D eigenvalue weighted by molar-refractivity contribution is 9.10. The lowest BCUT2D eigenvalue weighted by molar-refractivity contribution is -0.150. The Morgan fingerprint density at radius 1 is 1.29 bits per heavy atom. The van der Waals surface area contributed by atoms with Crippen LogP contribution in [-0.4, -0.2) is 5.78 Å². The van der Waals surface area contributed by atoms with Crippen LogP contribution in [0.5, 0.6) is 0 Å². The van der Waals surface area contributed by atoms with E-state index in [-0.39, 0.29) is 11.3 Å². The van der Waals surface area contributed by atoms with Gasteiger partial charge in [-0.15, -0.1) is 0 Å². The number of carbonyl (C=O) groups is 1. The molecule has 2 heteroatoms. The summed E-state index contributed by atoms with van der Waals surface area (Å²) in [6, 6.07) is 8.41. The molecule has 17 heavy (non-hydrogen) atoms. The Balaban J connectivity index is 2.41. The Kier molecular flexibility index (Phi) is 3.44. The lowest BCUT2D eigenvalue weighted by Crippen LogP contribution is -2.54. The van der Waals surface area contributed by atoms with Crippen molar-refractivity contribution in [3.63, 3.8) is 0 Å². The molecule has 0 aliphatic heterocycles. The summed E-state index contributed by atoms with van der Waals surface area (Å²) in [7, 11) is 0. The number of hydrogen-bond acceptors (Lipinski definition) is 1. The second kappa shape index (κ2) is 4.56. The van der Waals surface area contributed by atoms with Crippen LogP contribution >= 0.6 is 15.9 Å². The molecule has 1 aliphatic rings. The van der Waals surface area contributed by atoms with Crippen molar-refractivity contribution in [2.45, 2.75) is 39.5 Å². The van der Waals surface area contributed by atoms with Crippen LogP contribution in [0.2, 0.25) is 0 Å². The standard InChI is InChI=1S/C15H19BrO/c1-4-15(5-2)13(10(3)14(15)17)11-7-6-8-12(16)9-11/h6-10,13H,4-5H2,1-3H3. The molecule has 0 heterocycles. The Labute approximate surface area is 112 Å². The fourth-order valence-electron chi connectivity index (χ4n) is 3.49. The molecule has 2 atom stereocenters. The van der Waals surface area contributed by atoms with Crippen molar-refractivity contribution in [3.05, 3.63) is 34.3 Å². The van der Waals surface area contributed by atoms with E-state index < -0.39 is 0 Å². The molecule has 2 rings (SSSR count). The van der Waals surface area contributed by atoms with Gasteiger partial charge in [0.25, 0.3) is 0 Å². The molecule has 1 aromatic carbocycles. The highest BCUT2D eigenvalue weighted by Crippen LogP contribution is 2.57. The number of halogens is 1. The van der Waals surface area contributed by atoms with E-state index in [0.29, 0.717) is 11.7 Å². The average Bonchev–Trinajstić information content (AvgIpc) is 2.34. The van der Waals surface area contributed by atoms with E-state index in [1.807, 2.05) is 6.07 Å². The first-order valence-electron chi connectivity index (χ1n) is 6.36. The zero-order valence-electron chi connectivity index (χ0n) is 10.7. The van der Waals surface area contributed by atoms with Gasteiger partial charge in [0, 0.05) is 21.7 Å². The van der Waals surface area contributed by atoms with Crippen LogP contribution < -0.4 is 0 Å². The maximum absolute atomic E-state index is 12.2. The number of carbonyl (C=O) groups excluding carboxylic acids is 1. The van der Waals surface area contributed by atoms with Crippen LogP contribution in [0.4, 0.5) is 0 Å². The van der Waals surface area contributed by atoms with Gasteiger partial charge in [-0.25, -0.2) is 0 Å². The number of benzene rings is 1. The molecule has 1 saturated carbocycles. The zero-order valence-corrected chi connectivity index (χ0v) is 12.3. The minimum absolute atomic E-state index is 0.111. The second-order valence-corrected chi connectivity index (χ2v) is 5.96. The topological polar surface area (TPSA) is 17.1 Å². The molecule has 0 aromatic heterocycles. The van der Waals surface area contributed by atoms with Crippen molar-refractivity contribution >= 4 is 21.7 Å². The summed E-state index contributed by atoms with van der Waals surface area (Å²) in [5.74, 6) is 1.01. The number of hydrogen-bond donors (Lipinski definition) is 0. The largest absolute Gasteiger partial charge is 0.299 e. The van der Waals surface area contributed by atoms with E-state index in [2.05, 4.69) is 54.9 Å². The molecule has 0 amide bonds. The summed E-state index contributed by atoms with van der Waals surface area (Å²) in [4.78, 5) is 12.2. The van der Waals surface area contributed by atoms with E-state index in [1.165, 1.54) is 5.56 Å². The average molecular weight is 295 g/mol. The first-order chi connectivity index (χ1) is 8.06. The van der Waals surface area contributed by atoms with Gasteiger partial charge in [0.2, 0.25) is 0 Å². The third-order valence-corrected chi connectivity index (χ3v) is 4.96. The van der Waals surface area contributed by atoms with Gasteiger partial charge < -0.3 is 0 Å². The highest BCUT2D eigenvalue weighted by atomic mass is 79.9. The van der Waals surface area contributed by atoms with Crippen molar-refractivity contribution in [2.24, 2.45) is 11.3 Å². The van der Waals surface area contributed by atoms with Crippen molar-refractivity contribution in [3.8, 4) is 0 Å². The maximum atomic E-state index is 12.2. The molecule has 0 bridgehead atoms. The minimum atomic E-state index is -0.111. The summed E-state index contributed by atoms with van der Waals surface area (Å²) >= 11 is 3.52. The van der Waals surface area contributed by atoms with Gasteiger partial charge in [-0.3, -0.25) is 4.79 Å². The van der Waals surface area contributed by atoms with Crippen LogP contribution in [0.3, 0.4) is 0 Å². The Morgan fingerprint density at radius 3 is 2.47 bits per heavy atom. The van der Waals surface area contributed by atoms with E-state index in [4.69, 9.17) is 0 Å². The molecular formula is C15H19BrO. The molecule has 1 aliphatic carbocycles. The first-order valence-corrected chi connectivity index (χ1v) is 7.16. The van der Waals surface area contributed by atoms with Crippen LogP contribution in [0.1, 0.15) is 45.1 Å². The zero-order chi connectivity index (χ0) is 12.6. The highest BCUT2D eigenvalue weighted by Gasteiger charge is 2.57. The molecule has 0 spiro atoms. The predicted molar refractivity (Wildman–Crippen MR) is 74.1 cm³/mol. The van der Waals surface area contributed by atoms with E-state index in [9.17, 15) is 4.79 Å². The monoisotopic (exact) mass is 294 g/mol. The van der Waals surface area contributed by atoms with E-state index in [0.717, 1.165) is 17.3 Å². The van der Waals surface area contributed by atoms with Gasteiger partial charge in [-0.05, 0) is 30.5 Å². The van der Waals surface area contributed by atoms with Gasteiger partial charge in [-0.2, -0.15) is 0 Å².